The Labute approximate surface area is 146 Å². The van der Waals surface area contributed by atoms with E-state index in [2.05, 4.69) is 5.32 Å². The second-order valence-electron chi connectivity index (χ2n) is 6.54. The minimum absolute atomic E-state index is 0.00418. The van der Waals surface area contributed by atoms with Crippen LogP contribution in [0.3, 0.4) is 0 Å². The third-order valence-corrected chi connectivity index (χ3v) is 4.82. The Morgan fingerprint density at radius 3 is 2.56 bits per heavy atom. The highest BCUT2D eigenvalue weighted by Crippen LogP contribution is 2.20. The van der Waals surface area contributed by atoms with Gasteiger partial charge < -0.3 is 19.9 Å². The molecule has 25 heavy (non-hydrogen) atoms. The number of carbonyl (C=O) groups is 2. The summed E-state index contributed by atoms with van der Waals surface area (Å²) in [7, 11) is 0. The van der Waals surface area contributed by atoms with E-state index in [-0.39, 0.29) is 23.7 Å². The van der Waals surface area contributed by atoms with E-state index in [4.69, 9.17) is 4.74 Å². The van der Waals surface area contributed by atoms with Crippen molar-refractivity contribution in [1.82, 2.24) is 15.1 Å². The molecule has 0 radical (unpaired) electrons. The molecule has 1 aromatic carbocycles. The van der Waals surface area contributed by atoms with E-state index >= 15 is 0 Å². The fourth-order valence-electron chi connectivity index (χ4n) is 3.33. The predicted molar refractivity (Wildman–Crippen MR) is 90.7 cm³/mol. The fourth-order valence-corrected chi connectivity index (χ4v) is 3.33. The van der Waals surface area contributed by atoms with Gasteiger partial charge in [0.1, 0.15) is 23.7 Å². The number of halogens is 1. The van der Waals surface area contributed by atoms with Crippen LogP contribution in [0.5, 0.6) is 5.75 Å². The van der Waals surface area contributed by atoms with Gasteiger partial charge in [0.25, 0.3) is 0 Å². The van der Waals surface area contributed by atoms with Gasteiger partial charge >= 0.3 is 0 Å². The highest BCUT2D eigenvalue weighted by atomic mass is 19.1. The van der Waals surface area contributed by atoms with Crippen LogP contribution >= 0.6 is 0 Å². The summed E-state index contributed by atoms with van der Waals surface area (Å²) in [4.78, 5) is 28.1. The Morgan fingerprint density at radius 2 is 1.92 bits per heavy atom. The summed E-state index contributed by atoms with van der Waals surface area (Å²) >= 11 is 0. The Kier molecular flexibility index (Phi) is 5.53. The summed E-state index contributed by atoms with van der Waals surface area (Å²) in [6.07, 6.45) is 1.47. The van der Waals surface area contributed by atoms with Crippen LogP contribution in [0.25, 0.3) is 0 Å². The van der Waals surface area contributed by atoms with Crippen LogP contribution in [-0.4, -0.2) is 66.5 Å². The van der Waals surface area contributed by atoms with Gasteiger partial charge in [0, 0.05) is 39.0 Å². The van der Waals surface area contributed by atoms with Crippen molar-refractivity contribution < 1.29 is 18.7 Å². The normalized spacial score (nSPS) is 20.5. The predicted octanol–water partition coefficient (Wildman–Crippen LogP) is 1.02. The summed E-state index contributed by atoms with van der Waals surface area (Å²) in [6, 6.07) is 5.56. The van der Waals surface area contributed by atoms with E-state index in [1.54, 1.807) is 24.0 Å². The quantitative estimate of drug-likeness (QED) is 0.882. The maximum Gasteiger partial charge on any atom is 0.245 e. The van der Waals surface area contributed by atoms with Crippen molar-refractivity contribution in [2.45, 2.75) is 31.9 Å². The number of nitrogens with zero attached hydrogens (tertiary/aromatic N) is 2. The van der Waals surface area contributed by atoms with Crippen molar-refractivity contribution >= 4 is 11.8 Å². The van der Waals surface area contributed by atoms with Gasteiger partial charge in [-0.2, -0.15) is 0 Å². The molecule has 0 saturated carbocycles. The van der Waals surface area contributed by atoms with Gasteiger partial charge in [0.15, 0.2) is 0 Å². The number of piperazine rings is 1. The lowest BCUT2D eigenvalue weighted by molar-refractivity contribution is -0.146. The van der Waals surface area contributed by atoms with E-state index in [9.17, 15) is 14.0 Å². The summed E-state index contributed by atoms with van der Waals surface area (Å²) in [5.41, 5.74) is 0. The molecule has 2 saturated heterocycles. The Bertz CT molecular complexity index is 614. The average Bonchev–Trinajstić information content (AvgIpc) is 2.63. The van der Waals surface area contributed by atoms with Crippen LogP contribution in [0, 0.1) is 5.82 Å². The second kappa shape index (κ2) is 7.82. The number of hydrogen-bond donors (Lipinski definition) is 1. The first-order chi connectivity index (χ1) is 12.0. The lowest BCUT2D eigenvalue weighted by Crippen LogP contribution is -2.57. The van der Waals surface area contributed by atoms with Crippen LogP contribution in [0.1, 0.15) is 19.8 Å². The maximum absolute atomic E-state index is 12.9. The monoisotopic (exact) mass is 349 g/mol. The molecule has 3 rings (SSSR count). The van der Waals surface area contributed by atoms with Gasteiger partial charge in [0.2, 0.25) is 11.8 Å². The Morgan fingerprint density at radius 1 is 1.24 bits per heavy atom. The Balaban J connectivity index is 1.50. The van der Waals surface area contributed by atoms with Crippen LogP contribution in [-0.2, 0) is 9.59 Å². The molecule has 0 bridgehead atoms. The molecule has 7 heteroatoms. The number of nitrogens with one attached hydrogen (secondary N) is 1. The van der Waals surface area contributed by atoms with Crippen LogP contribution in [0.2, 0.25) is 0 Å². The number of likely N-dealkylation sites (tertiary alicyclic amines) is 1. The molecule has 0 spiro atoms. The van der Waals surface area contributed by atoms with Gasteiger partial charge in [0.05, 0.1) is 6.54 Å². The number of hydrogen-bond acceptors (Lipinski definition) is 4. The minimum Gasteiger partial charge on any atom is -0.490 e. The minimum atomic E-state index is -0.427. The number of benzene rings is 1. The Hall–Kier alpha value is -2.15. The molecule has 1 unspecified atom stereocenters. The van der Waals surface area contributed by atoms with Gasteiger partial charge in [-0.15, -0.1) is 0 Å². The summed E-state index contributed by atoms with van der Waals surface area (Å²) in [5, 5.41) is 3.01. The molecule has 0 aliphatic carbocycles. The molecule has 2 aliphatic rings. The molecule has 1 atom stereocenters. The molecule has 2 amide bonds. The van der Waals surface area contributed by atoms with Crippen LogP contribution in [0.15, 0.2) is 24.3 Å². The van der Waals surface area contributed by atoms with Crippen molar-refractivity contribution in [3.05, 3.63) is 30.1 Å². The number of piperidine rings is 1. The highest BCUT2D eigenvalue weighted by molar-refractivity contribution is 5.88. The number of carbonyl (C=O) groups excluding carboxylic acids is 2. The first kappa shape index (κ1) is 17.7. The number of amides is 2. The van der Waals surface area contributed by atoms with Crippen LogP contribution < -0.4 is 10.1 Å². The first-order valence-corrected chi connectivity index (χ1v) is 8.76. The van der Waals surface area contributed by atoms with Crippen molar-refractivity contribution in [2.24, 2.45) is 0 Å². The van der Waals surface area contributed by atoms with E-state index in [0.29, 0.717) is 31.9 Å². The zero-order valence-electron chi connectivity index (χ0n) is 14.4. The van der Waals surface area contributed by atoms with Crippen molar-refractivity contribution in [1.29, 1.82) is 0 Å². The molecular formula is C18H24FN3O3. The fraction of sp³-hybridized carbons (Fsp3) is 0.556. The zero-order chi connectivity index (χ0) is 17.8. The van der Waals surface area contributed by atoms with E-state index in [1.165, 1.54) is 12.1 Å². The highest BCUT2D eigenvalue weighted by Gasteiger charge is 2.32. The van der Waals surface area contributed by atoms with Gasteiger partial charge in [-0.25, -0.2) is 4.39 Å². The lowest BCUT2D eigenvalue weighted by atomic mass is 10.1. The summed E-state index contributed by atoms with van der Waals surface area (Å²) < 4.78 is 18.8. The topological polar surface area (TPSA) is 61.9 Å². The van der Waals surface area contributed by atoms with Gasteiger partial charge in [-0.1, -0.05) is 0 Å². The van der Waals surface area contributed by atoms with E-state index in [0.717, 1.165) is 19.4 Å². The average molecular weight is 349 g/mol. The first-order valence-electron chi connectivity index (χ1n) is 8.76. The molecule has 2 heterocycles. The standard InChI is InChI=1S/C18H24FN3O3/c1-13(22-11-8-20-12-17(22)23)18(24)21-9-6-16(7-10-21)25-15-4-2-14(19)3-5-15/h2-5,13,16,20H,6-12H2,1H3. The molecule has 136 valence electrons. The molecule has 2 aliphatic heterocycles. The van der Waals surface area contributed by atoms with Crippen LogP contribution in [0.4, 0.5) is 4.39 Å². The number of rotatable bonds is 4. The van der Waals surface area contributed by atoms with E-state index in [1.807, 2.05) is 4.90 Å². The summed E-state index contributed by atoms with van der Waals surface area (Å²) in [6.45, 7) is 4.59. The largest absolute Gasteiger partial charge is 0.490 e. The summed E-state index contributed by atoms with van der Waals surface area (Å²) in [5.74, 6) is 0.326. The molecular weight excluding hydrogens is 325 g/mol. The molecule has 1 aromatic rings. The molecule has 6 nitrogen and oxygen atoms in total. The molecule has 1 N–H and O–H groups in total. The zero-order valence-corrected chi connectivity index (χ0v) is 14.4. The SMILES string of the molecule is CC(C(=O)N1CCC(Oc2ccc(F)cc2)CC1)N1CCNCC1=O. The lowest BCUT2D eigenvalue weighted by Gasteiger charge is -2.38. The van der Waals surface area contributed by atoms with Gasteiger partial charge in [-0.05, 0) is 31.2 Å². The van der Waals surface area contributed by atoms with Crippen molar-refractivity contribution in [2.75, 3.05) is 32.7 Å². The van der Waals surface area contributed by atoms with E-state index < -0.39 is 6.04 Å². The second-order valence-corrected chi connectivity index (χ2v) is 6.54. The number of ether oxygens (including phenoxy) is 1. The third kappa shape index (κ3) is 4.28. The molecule has 0 aromatic heterocycles. The maximum atomic E-state index is 12.9. The smallest absolute Gasteiger partial charge is 0.245 e. The van der Waals surface area contributed by atoms with Crippen molar-refractivity contribution in [3.63, 3.8) is 0 Å². The van der Waals surface area contributed by atoms with Crippen molar-refractivity contribution in [3.8, 4) is 5.75 Å². The molecule has 2 fully saturated rings. The third-order valence-electron chi connectivity index (χ3n) is 4.82. The van der Waals surface area contributed by atoms with Gasteiger partial charge in [-0.3, -0.25) is 9.59 Å².